The van der Waals surface area contributed by atoms with Crippen LogP contribution in [0.3, 0.4) is 0 Å². The van der Waals surface area contributed by atoms with Crippen molar-refractivity contribution in [3.8, 4) is 0 Å². The molecule has 0 bridgehead atoms. The summed E-state index contributed by atoms with van der Waals surface area (Å²) < 4.78 is 6.19. The van der Waals surface area contributed by atoms with E-state index in [0.717, 1.165) is 45.1 Å². The van der Waals surface area contributed by atoms with Gasteiger partial charge in [-0.2, -0.15) is 11.8 Å². The van der Waals surface area contributed by atoms with Crippen molar-refractivity contribution in [2.24, 2.45) is 5.92 Å². The van der Waals surface area contributed by atoms with Gasteiger partial charge in [0.15, 0.2) is 0 Å². The number of rotatable bonds is 5. The minimum atomic E-state index is -0.252. The number of ether oxygens (including phenoxy) is 1. The molecule has 0 aromatic heterocycles. The zero-order valence-electron chi connectivity index (χ0n) is 14.2. The van der Waals surface area contributed by atoms with E-state index >= 15 is 0 Å². The van der Waals surface area contributed by atoms with Gasteiger partial charge in [0.25, 0.3) is 0 Å². The Morgan fingerprint density at radius 1 is 1.29 bits per heavy atom. The SMILES string of the molecule is CCC(CC)(C(O)C1CCOC2(CCSCC2)C1)N(C)C. The second-order valence-corrected chi connectivity index (χ2v) is 8.27. The maximum absolute atomic E-state index is 11.2. The quantitative estimate of drug-likeness (QED) is 0.845. The lowest BCUT2D eigenvalue weighted by Crippen LogP contribution is -2.58. The van der Waals surface area contributed by atoms with Gasteiger partial charge in [0.05, 0.1) is 11.7 Å². The molecule has 1 N–H and O–H groups in total. The zero-order valence-corrected chi connectivity index (χ0v) is 15.0. The van der Waals surface area contributed by atoms with Crippen LogP contribution in [0.4, 0.5) is 0 Å². The first-order valence-corrected chi connectivity index (χ1v) is 9.72. The van der Waals surface area contributed by atoms with Crippen LogP contribution in [-0.4, -0.2) is 59.5 Å². The smallest absolute Gasteiger partial charge is 0.0753 e. The highest BCUT2D eigenvalue weighted by atomic mass is 32.2. The predicted molar refractivity (Wildman–Crippen MR) is 91.0 cm³/mol. The molecule has 1 spiro atoms. The van der Waals surface area contributed by atoms with Crippen LogP contribution in [0.25, 0.3) is 0 Å². The van der Waals surface area contributed by atoms with Crippen LogP contribution >= 0.6 is 11.8 Å². The van der Waals surface area contributed by atoms with Crippen molar-refractivity contribution in [1.82, 2.24) is 4.90 Å². The van der Waals surface area contributed by atoms with Crippen molar-refractivity contribution in [3.63, 3.8) is 0 Å². The fourth-order valence-corrected chi connectivity index (χ4v) is 5.67. The van der Waals surface area contributed by atoms with E-state index in [-0.39, 0.29) is 17.2 Å². The predicted octanol–water partition coefficient (Wildman–Crippen LogP) is 3.16. The molecule has 0 amide bonds. The molecule has 2 aliphatic rings. The van der Waals surface area contributed by atoms with Crippen molar-refractivity contribution in [1.29, 1.82) is 0 Å². The second-order valence-electron chi connectivity index (χ2n) is 7.05. The Kier molecular flexibility index (Phi) is 6.03. The third-order valence-corrected chi connectivity index (χ3v) is 7.03. The third kappa shape index (κ3) is 3.44. The minimum Gasteiger partial charge on any atom is -0.391 e. The Morgan fingerprint density at radius 3 is 2.43 bits per heavy atom. The summed E-state index contributed by atoms with van der Waals surface area (Å²) in [5.74, 6) is 2.80. The van der Waals surface area contributed by atoms with E-state index in [2.05, 4.69) is 32.8 Å². The fourth-order valence-electron chi connectivity index (χ4n) is 4.43. The Balaban J connectivity index is 2.12. The van der Waals surface area contributed by atoms with Crippen molar-refractivity contribution in [2.75, 3.05) is 32.2 Å². The van der Waals surface area contributed by atoms with Gasteiger partial charge in [-0.15, -0.1) is 0 Å². The van der Waals surface area contributed by atoms with E-state index < -0.39 is 0 Å². The minimum absolute atomic E-state index is 0.0642. The van der Waals surface area contributed by atoms with Gasteiger partial charge >= 0.3 is 0 Å². The molecule has 0 aliphatic carbocycles. The number of hydrogen-bond donors (Lipinski definition) is 1. The van der Waals surface area contributed by atoms with E-state index in [0.29, 0.717) is 5.92 Å². The fraction of sp³-hybridized carbons (Fsp3) is 1.00. The van der Waals surface area contributed by atoms with Crippen LogP contribution in [0.15, 0.2) is 0 Å². The Hall–Kier alpha value is 0.230. The summed E-state index contributed by atoms with van der Waals surface area (Å²) in [5, 5.41) is 11.2. The third-order valence-electron chi connectivity index (χ3n) is 6.05. The van der Waals surface area contributed by atoms with Gasteiger partial charge in [0.1, 0.15) is 0 Å². The maximum Gasteiger partial charge on any atom is 0.0753 e. The molecule has 0 aromatic carbocycles. The van der Waals surface area contributed by atoms with Crippen LogP contribution in [0.1, 0.15) is 52.4 Å². The van der Waals surface area contributed by atoms with Gasteiger partial charge in [-0.05, 0) is 70.0 Å². The second kappa shape index (κ2) is 7.20. The molecule has 0 radical (unpaired) electrons. The van der Waals surface area contributed by atoms with Gasteiger partial charge in [0, 0.05) is 12.1 Å². The molecule has 2 unspecified atom stereocenters. The lowest BCUT2D eigenvalue weighted by atomic mass is 9.72. The molecular weight excluding hydrogens is 282 g/mol. The standard InChI is InChI=1S/C17H33NO2S/c1-5-17(6-2,18(3)4)15(19)14-7-10-20-16(13-14)8-11-21-12-9-16/h14-15,19H,5-13H2,1-4H3. The highest BCUT2D eigenvalue weighted by molar-refractivity contribution is 7.99. The normalized spacial score (nSPS) is 28.0. The van der Waals surface area contributed by atoms with Gasteiger partial charge in [-0.1, -0.05) is 13.8 Å². The highest BCUT2D eigenvalue weighted by Gasteiger charge is 2.46. The number of aliphatic hydroxyl groups excluding tert-OH is 1. The van der Waals surface area contributed by atoms with Crippen molar-refractivity contribution >= 4 is 11.8 Å². The van der Waals surface area contributed by atoms with Gasteiger partial charge in [-0.25, -0.2) is 0 Å². The lowest BCUT2D eigenvalue weighted by molar-refractivity contribution is -0.142. The van der Waals surface area contributed by atoms with E-state index in [1.54, 1.807) is 0 Å². The highest BCUT2D eigenvalue weighted by Crippen LogP contribution is 2.43. The van der Waals surface area contributed by atoms with Gasteiger partial charge in [-0.3, -0.25) is 0 Å². The molecule has 124 valence electrons. The molecular formula is C17H33NO2S. The number of likely N-dealkylation sites (N-methyl/N-ethyl adjacent to an activating group) is 1. The molecule has 0 aromatic rings. The lowest BCUT2D eigenvalue weighted by Gasteiger charge is -2.50. The van der Waals surface area contributed by atoms with Crippen molar-refractivity contribution in [2.45, 2.75) is 69.6 Å². The molecule has 2 heterocycles. The first kappa shape index (κ1) is 17.6. The molecule has 0 saturated carbocycles. The summed E-state index contributed by atoms with van der Waals surface area (Å²) in [6, 6.07) is 0. The summed E-state index contributed by atoms with van der Waals surface area (Å²) in [6.07, 6.45) is 6.12. The van der Waals surface area contributed by atoms with E-state index in [1.165, 1.54) is 11.5 Å². The molecule has 2 saturated heterocycles. The number of nitrogens with zero attached hydrogens (tertiary/aromatic N) is 1. The van der Waals surface area contributed by atoms with Crippen LogP contribution in [0.5, 0.6) is 0 Å². The number of aliphatic hydroxyl groups is 1. The van der Waals surface area contributed by atoms with Gasteiger partial charge in [0.2, 0.25) is 0 Å². The summed E-state index contributed by atoms with van der Waals surface area (Å²) in [5.41, 5.74) is -0.0265. The van der Waals surface area contributed by atoms with Gasteiger partial charge < -0.3 is 14.7 Å². The zero-order chi connectivity index (χ0) is 15.5. The first-order valence-electron chi connectivity index (χ1n) is 8.57. The number of hydrogen-bond acceptors (Lipinski definition) is 4. The van der Waals surface area contributed by atoms with E-state index in [1.807, 2.05) is 11.8 Å². The first-order chi connectivity index (χ1) is 9.99. The maximum atomic E-state index is 11.2. The molecule has 2 atom stereocenters. The number of thioether (sulfide) groups is 1. The molecule has 21 heavy (non-hydrogen) atoms. The Morgan fingerprint density at radius 2 is 1.90 bits per heavy atom. The van der Waals surface area contributed by atoms with E-state index in [9.17, 15) is 5.11 Å². The van der Waals surface area contributed by atoms with Crippen LogP contribution < -0.4 is 0 Å². The average Bonchev–Trinajstić information content (AvgIpc) is 2.49. The summed E-state index contributed by atoms with van der Waals surface area (Å²) in [4.78, 5) is 2.25. The monoisotopic (exact) mass is 315 g/mol. The average molecular weight is 316 g/mol. The van der Waals surface area contributed by atoms with Crippen LogP contribution in [0, 0.1) is 5.92 Å². The van der Waals surface area contributed by atoms with Crippen molar-refractivity contribution < 1.29 is 9.84 Å². The molecule has 2 fully saturated rings. The summed E-state index contributed by atoms with van der Waals surface area (Å²) in [7, 11) is 4.23. The van der Waals surface area contributed by atoms with E-state index in [4.69, 9.17) is 4.74 Å². The van der Waals surface area contributed by atoms with Crippen LogP contribution in [0.2, 0.25) is 0 Å². The van der Waals surface area contributed by atoms with Crippen LogP contribution in [-0.2, 0) is 4.74 Å². The summed E-state index contributed by atoms with van der Waals surface area (Å²) >= 11 is 2.04. The summed E-state index contributed by atoms with van der Waals surface area (Å²) in [6.45, 7) is 5.24. The Bertz CT molecular complexity index is 319. The topological polar surface area (TPSA) is 32.7 Å². The Labute approximate surface area is 134 Å². The van der Waals surface area contributed by atoms with Crippen molar-refractivity contribution in [3.05, 3.63) is 0 Å². The molecule has 2 rings (SSSR count). The molecule has 3 nitrogen and oxygen atoms in total. The largest absolute Gasteiger partial charge is 0.391 e. The molecule has 4 heteroatoms. The molecule has 2 aliphatic heterocycles.